The molecule has 57 heteroatoms. The van der Waals surface area contributed by atoms with Crippen molar-refractivity contribution in [1.82, 2.24) is 84.7 Å². The van der Waals surface area contributed by atoms with E-state index in [1.54, 1.807) is 0 Å². The van der Waals surface area contributed by atoms with E-state index in [4.69, 9.17) is 45.9 Å². The lowest BCUT2D eigenvalue weighted by Crippen LogP contribution is -2.65. The van der Waals surface area contributed by atoms with E-state index in [0.29, 0.717) is 25.7 Å². The Kier molecular flexibility index (Phi) is 52.0. The molecule has 1 aliphatic heterocycles. The highest BCUT2D eigenvalue weighted by atomic mass is 16.4. The average molecular weight is 1910 g/mol. The lowest BCUT2D eigenvalue weighted by molar-refractivity contribution is -0.145. The zero-order valence-electron chi connectivity index (χ0n) is 74.2. The van der Waals surface area contributed by atoms with Crippen molar-refractivity contribution in [2.75, 3.05) is 19.6 Å². The fourth-order valence-electron chi connectivity index (χ4n) is 12.8. The van der Waals surface area contributed by atoms with Crippen molar-refractivity contribution < 1.29 is 161 Å². The van der Waals surface area contributed by atoms with Crippen molar-refractivity contribution in [3.05, 3.63) is 0 Å². The van der Waals surface area contributed by atoms with Crippen molar-refractivity contribution in [3.8, 4) is 0 Å². The van der Waals surface area contributed by atoms with Gasteiger partial charge in [-0.1, -0.05) is 6.42 Å². The molecule has 23 atom stereocenters. The molecule has 0 aromatic carbocycles. The molecule has 40 N–H and O–H groups in total. The number of nitrogens with zero attached hydrogens (tertiary/aromatic N) is 1. The number of unbranched alkanes of at least 4 members (excludes halogenated alkanes) is 2. The van der Waals surface area contributed by atoms with Crippen LogP contribution in [0.4, 0.5) is 0 Å². The molecule has 1 heterocycles. The number of likely N-dealkylation sites (tertiary alicyclic amines) is 1. The SMILES string of the molecule is C[C@H](NC(=O)[C@@H](NC(=O)[C@H](CC(N)=O)NC(=O)[C@H](CCC(N)=O)NC(=O)[C@@H](N)CCCCN)[C@@H](C)O)C(=O)N[C@@H](CC(N)=O)C(=O)N[C@H](C(=O)N[C@@H](CCC(=O)O)C(=O)N[C@H](C(=O)N[C@H](C(=O)N[C@H](C(=O)N[C@H](C(=O)N[C@@H](CC(N)=O)C(=O)N[C@@H](CCC(=O)O)C(=O)N[C@@H](CCC(N)=O)C(=O)N1CCC[C@H]1C(=O)N[C@@H](CCCCN)C(=O)O)[C@@H](C)O)[C@@H](C)O)[C@@H](C)O)[C@@H](C)O)[C@@H](C)O. The number of aliphatic hydroxyl groups excluding tert-OH is 6. The molecule has 750 valence electrons. The summed E-state index contributed by atoms with van der Waals surface area (Å²) in [5, 5.41) is 126. The maximum atomic E-state index is 14.2. The Morgan fingerprint density at radius 3 is 0.910 bits per heavy atom. The van der Waals surface area contributed by atoms with Gasteiger partial charge in [0.1, 0.15) is 96.7 Å². The summed E-state index contributed by atoms with van der Waals surface area (Å²) in [6, 6.07) is -33.0. The minimum atomic E-state index is -2.29. The van der Waals surface area contributed by atoms with Crippen LogP contribution in [-0.4, -0.2) is 352 Å². The number of carbonyl (C=O) groups is 24. The van der Waals surface area contributed by atoms with Gasteiger partial charge < -0.3 is 176 Å². The maximum absolute atomic E-state index is 14.2. The standard InChI is InChI=1S/C76H128N24O33/c1-30(85-69(125)54(31(2)101)95-67(123)45(29-51(84)111)92-63(119)38(16-20-47(80)107)86-61(117)37(79)13-8-10-24-77)60(116)91-44(28-50(83)110)66(122)96-55(32(3)102)70(126)88-40(19-23-53(114)115)64(120)94-57(34(5)104)72(128)98-59(36(7)106)74(130)99-58(35(6)105)73(129)97-56(33(4)103)71(127)93-43(27-49(82)109)65(121)87-39(18-22-52(112)113)62(118)89-41(17-21-48(81)108)75(131)100-26-12-15-46(100)68(124)90-42(76(132)133)14-9-11-25-78/h30-46,54-59,101-106H,8-29,77-79H2,1-7H3,(H2,80,107)(H2,81,108)(H2,82,109)(H2,83,110)(H2,84,111)(H,85,125)(H,86,117)(H,87,121)(H,88,126)(H,89,118)(H,90,124)(H,91,116)(H,92,119)(H,93,127)(H,94,120)(H,95,123)(H,96,122)(H,97,129)(H,98,128)(H,99,130)(H,112,113)(H,114,115)(H,132,133)/t30-,31+,32+,33+,34+,35+,36+,37-,38-,39-,40-,41-,42-,43-,44-,45-,46-,54-,55-,56-,57-,58-,59-/m0/s1. The number of carboxylic acid groups (broad SMARTS) is 3. The molecule has 0 radical (unpaired) electrons. The summed E-state index contributed by atoms with van der Waals surface area (Å²) in [7, 11) is 0. The van der Waals surface area contributed by atoms with Gasteiger partial charge in [-0.2, -0.15) is 0 Å². The molecule has 1 rings (SSSR count). The zero-order chi connectivity index (χ0) is 102. The third-order valence-corrected chi connectivity index (χ3v) is 20.1. The van der Waals surface area contributed by atoms with Gasteiger partial charge >= 0.3 is 17.9 Å². The van der Waals surface area contributed by atoms with Crippen molar-refractivity contribution in [2.24, 2.45) is 45.9 Å². The van der Waals surface area contributed by atoms with E-state index in [1.165, 1.54) is 0 Å². The van der Waals surface area contributed by atoms with Gasteiger partial charge in [0, 0.05) is 32.2 Å². The molecule has 0 aromatic heterocycles. The fraction of sp³-hybridized carbons (Fsp3) is 0.684. The first kappa shape index (κ1) is 118. The Bertz CT molecular complexity index is 4120. The number of amides is 21. The normalized spacial score (nSPS) is 17.3. The third kappa shape index (κ3) is 42.8. The van der Waals surface area contributed by atoms with Gasteiger partial charge in [-0.25, -0.2) is 4.79 Å². The van der Waals surface area contributed by atoms with E-state index < -0.39 is 352 Å². The molecule has 57 nitrogen and oxygen atoms in total. The van der Waals surface area contributed by atoms with Crippen LogP contribution in [-0.2, 0) is 115 Å². The van der Waals surface area contributed by atoms with E-state index in [0.717, 1.165) is 53.4 Å². The second-order valence-electron chi connectivity index (χ2n) is 31.7. The van der Waals surface area contributed by atoms with Crippen molar-refractivity contribution >= 4 is 142 Å². The van der Waals surface area contributed by atoms with E-state index in [9.17, 15) is 161 Å². The summed E-state index contributed by atoms with van der Waals surface area (Å²) in [5.41, 5.74) is 43.7. The van der Waals surface area contributed by atoms with Crippen LogP contribution < -0.4 is 126 Å². The van der Waals surface area contributed by atoms with Gasteiger partial charge in [0.05, 0.1) is 61.9 Å². The van der Waals surface area contributed by atoms with E-state index >= 15 is 0 Å². The molecule has 133 heavy (non-hydrogen) atoms. The van der Waals surface area contributed by atoms with Crippen LogP contribution >= 0.6 is 0 Å². The van der Waals surface area contributed by atoms with E-state index in [1.807, 2.05) is 37.2 Å². The fourth-order valence-corrected chi connectivity index (χ4v) is 12.8. The predicted molar refractivity (Wildman–Crippen MR) is 453 cm³/mol. The number of carbonyl (C=O) groups excluding carboxylic acids is 21. The number of aliphatic carboxylic acids is 3. The number of carboxylic acids is 3. The van der Waals surface area contributed by atoms with Crippen LogP contribution in [0.5, 0.6) is 0 Å². The largest absolute Gasteiger partial charge is 0.481 e. The van der Waals surface area contributed by atoms with Crippen LogP contribution in [0.2, 0.25) is 0 Å². The van der Waals surface area contributed by atoms with Gasteiger partial charge in [-0.3, -0.25) is 110 Å². The van der Waals surface area contributed by atoms with Crippen molar-refractivity contribution in [3.63, 3.8) is 0 Å². The molecule has 0 saturated carbocycles. The molecule has 1 aliphatic rings. The minimum absolute atomic E-state index is 0.00507. The minimum Gasteiger partial charge on any atom is -0.481 e. The topological polar surface area (TPSA) is 984 Å². The Morgan fingerprint density at radius 1 is 0.301 bits per heavy atom. The van der Waals surface area contributed by atoms with Crippen LogP contribution in [0.15, 0.2) is 0 Å². The second kappa shape index (κ2) is 58.6. The second-order valence-corrected chi connectivity index (χ2v) is 31.7. The van der Waals surface area contributed by atoms with Crippen LogP contribution in [0.3, 0.4) is 0 Å². The summed E-state index contributed by atoms with van der Waals surface area (Å²) >= 11 is 0. The molecule has 0 aliphatic carbocycles. The number of nitrogens with one attached hydrogen (secondary N) is 15. The number of hydrogen-bond acceptors (Lipinski definition) is 33. The summed E-state index contributed by atoms with van der Waals surface area (Å²) in [6.45, 7) is 6.66. The van der Waals surface area contributed by atoms with Crippen molar-refractivity contribution in [2.45, 2.75) is 310 Å². The smallest absolute Gasteiger partial charge is 0.326 e. The van der Waals surface area contributed by atoms with Gasteiger partial charge in [0.2, 0.25) is 124 Å². The van der Waals surface area contributed by atoms with Crippen LogP contribution in [0.25, 0.3) is 0 Å². The van der Waals surface area contributed by atoms with E-state index in [-0.39, 0.29) is 45.3 Å². The number of nitrogens with two attached hydrogens (primary N) is 8. The predicted octanol–water partition coefficient (Wildman–Crippen LogP) is -16.9. The highest BCUT2D eigenvalue weighted by Crippen LogP contribution is 2.22. The molecule has 0 aromatic rings. The van der Waals surface area contributed by atoms with Gasteiger partial charge in [-0.05, 0) is 132 Å². The molecule has 0 spiro atoms. The molecule has 21 amide bonds. The summed E-state index contributed by atoms with van der Waals surface area (Å²) in [4.78, 5) is 320. The summed E-state index contributed by atoms with van der Waals surface area (Å²) in [5.74, 6) is -32.2. The lowest BCUT2D eigenvalue weighted by Gasteiger charge is -2.31. The monoisotopic (exact) mass is 1900 g/mol. The quantitative estimate of drug-likeness (QED) is 0.0251. The van der Waals surface area contributed by atoms with Crippen molar-refractivity contribution in [1.29, 1.82) is 0 Å². The number of primary amides is 5. The Morgan fingerprint density at radius 2 is 0.571 bits per heavy atom. The number of hydrogen-bond donors (Lipinski definition) is 32. The molecule has 1 fully saturated rings. The summed E-state index contributed by atoms with van der Waals surface area (Å²) in [6.07, 6.45) is -19.2. The highest BCUT2D eigenvalue weighted by molar-refractivity contribution is 6.03. The number of rotatable bonds is 64. The van der Waals surface area contributed by atoms with E-state index in [2.05, 4.69) is 42.5 Å². The Hall–Kier alpha value is -13.1. The van der Waals surface area contributed by atoms with Gasteiger partial charge in [-0.15, -0.1) is 0 Å². The lowest BCUT2D eigenvalue weighted by atomic mass is 10.0. The molecule has 0 unspecified atom stereocenters. The zero-order valence-corrected chi connectivity index (χ0v) is 74.2. The Balaban J connectivity index is 3.54. The molecule has 0 bridgehead atoms. The maximum Gasteiger partial charge on any atom is 0.326 e. The third-order valence-electron chi connectivity index (χ3n) is 20.1. The summed E-state index contributed by atoms with van der Waals surface area (Å²) < 4.78 is 0. The first-order valence-corrected chi connectivity index (χ1v) is 42.1. The van der Waals surface area contributed by atoms with Crippen LogP contribution in [0, 0.1) is 0 Å². The molecule has 1 saturated heterocycles. The van der Waals surface area contributed by atoms with Crippen LogP contribution in [0.1, 0.15) is 170 Å². The highest BCUT2D eigenvalue weighted by Gasteiger charge is 2.44. The van der Waals surface area contributed by atoms with Gasteiger partial charge in [0.15, 0.2) is 0 Å². The average Bonchev–Trinajstić information content (AvgIpc) is 1.71. The molecular formula is C76H128N24O33. The Labute approximate surface area is 760 Å². The number of aliphatic hydroxyl groups is 6. The molecular weight excluding hydrogens is 1780 g/mol. The first-order valence-electron chi connectivity index (χ1n) is 42.1. The van der Waals surface area contributed by atoms with Gasteiger partial charge in [0.25, 0.3) is 0 Å². The first-order chi connectivity index (χ1) is 61.9.